The van der Waals surface area contributed by atoms with Crippen molar-refractivity contribution in [2.75, 3.05) is 0 Å². The van der Waals surface area contributed by atoms with Gasteiger partial charge in [-0.3, -0.25) is 19.7 Å². The van der Waals surface area contributed by atoms with Crippen LogP contribution in [0, 0.1) is 10.1 Å². The molecule has 0 saturated carbocycles. The standard InChI is InChI=1S/C22H16N2O7/c25-16-7-2-4-13(11-16)19-18(20(26)14-5-1-6-15(10-14)24(29)30)21(27)22(28)23(19)12-17-8-3-9-31-17/h1-11,19,25-26H,12H2/b20-18-. The van der Waals surface area contributed by atoms with Gasteiger partial charge in [0, 0.05) is 17.7 Å². The van der Waals surface area contributed by atoms with Gasteiger partial charge in [-0.15, -0.1) is 0 Å². The van der Waals surface area contributed by atoms with Crippen LogP contribution < -0.4 is 0 Å². The van der Waals surface area contributed by atoms with Crippen molar-refractivity contribution in [3.8, 4) is 5.75 Å². The van der Waals surface area contributed by atoms with E-state index in [1.54, 1.807) is 24.3 Å². The van der Waals surface area contributed by atoms with E-state index in [0.717, 1.165) is 6.07 Å². The topological polar surface area (TPSA) is 134 Å². The van der Waals surface area contributed by atoms with E-state index in [2.05, 4.69) is 0 Å². The number of Topliss-reactive ketones (excluding diaryl/α,β-unsaturated/α-hetero) is 1. The number of furan rings is 1. The van der Waals surface area contributed by atoms with Crippen molar-refractivity contribution in [2.24, 2.45) is 0 Å². The van der Waals surface area contributed by atoms with Gasteiger partial charge in [0.1, 0.15) is 17.3 Å². The third-order valence-corrected chi connectivity index (χ3v) is 4.96. The number of hydrogen-bond acceptors (Lipinski definition) is 7. The van der Waals surface area contributed by atoms with Gasteiger partial charge in [-0.1, -0.05) is 24.3 Å². The van der Waals surface area contributed by atoms with Crippen LogP contribution in [0.1, 0.15) is 22.9 Å². The summed E-state index contributed by atoms with van der Waals surface area (Å²) in [6.07, 6.45) is 1.43. The molecule has 1 aliphatic rings. The minimum absolute atomic E-state index is 0.0235. The van der Waals surface area contributed by atoms with Gasteiger partial charge < -0.3 is 19.5 Å². The SMILES string of the molecule is O=C1C(=O)N(Cc2ccco2)C(c2cccc(O)c2)/C1=C(/O)c1cccc([N+](=O)[O-])c1. The van der Waals surface area contributed by atoms with E-state index >= 15 is 0 Å². The Morgan fingerprint density at radius 3 is 2.55 bits per heavy atom. The number of aromatic hydroxyl groups is 1. The van der Waals surface area contributed by atoms with Gasteiger partial charge in [-0.25, -0.2) is 0 Å². The van der Waals surface area contributed by atoms with Crippen LogP contribution in [0.5, 0.6) is 5.75 Å². The Morgan fingerprint density at radius 2 is 1.87 bits per heavy atom. The first-order valence-electron chi connectivity index (χ1n) is 9.21. The summed E-state index contributed by atoms with van der Waals surface area (Å²) in [5, 5.41) is 32.0. The molecule has 2 aromatic carbocycles. The molecule has 0 spiro atoms. The van der Waals surface area contributed by atoms with Crippen LogP contribution in [-0.4, -0.2) is 31.7 Å². The second kappa shape index (κ2) is 7.79. The van der Waals surface area contributed by atoms with Gasteiger partial charge >= 0.3 is 0 Å². The number of hydrogen-bond donors (Lipinski definition) is 2. The number of phenolic OH excluding ortho intramolecular Hbond substituents is 1. The molecule has 9 nitrogen and oxygen atoms in total. The molecular weight excluding hydrogens is 404 g/mol. The van der Waals surface area contributed by atoms with Crippen LogP contribution in [0.15, 0.2) is 76.9 Å². The number of phenols is 1. The smallest absolute Gasteiger partial charge is 0.296 e. The zero-order valence-electron chi connectivity index (χ0n) is 16.0. The molecule has 0 radical (unpaired) electrons. The number of rotatable bonds is 5. The molecule has 1 unspecified atom stereocenters. The van der Waals surface area contributed by atoms with E-state index in [0.29, 0.717) is 11.3 Å². The van der Waals surface area contributed by atoms with Crippen molar-refractivity contribution in [2.45, 2.75) is 12.6 Å². The van der Waals surface area contributed by atoms with Crippen LogP contribution in [-0.2, 0) is 16.1 Å². The van der Waals surface area contributed by atoms with Crippen LogP contribution in [0.4, 0.5) is 5.69 Å². The Bertz CT molecular complexity index is 1210. The van der Waals surface area contributed by atoms with E-state index in [1.165, 1.54) is 41.5 Å². The normalized spacial score (nSPS) is 17.8. The van der Waals surface area contributed by atoms with Gasteiger partial charge in [-0.2, -0.15) is 0 Å². The fourth-order valence-electron chi connectivity index (χ4n) is 3.58. The van der Waals surface area contributed by atoms with Crippen molar-refractivity contribution >= 4 is 23.1 Å². The number of nitro groups is 1. The maximum Gasteiger partial charge on any atom is 0.296 e. The van der Waals surface area contributed by atoms with Gasteiger partial charge in [0.05, 0.1) is 29.3 Å². The summed E-state index contributed by atoms with van der Waals surface area (Å²) in [6.45, 7) is -0.0520. The molecule has 2 N–H and O–H groups in total. The summed E-state index contributed by atoms with van der Waals surface area (Å²) in [4.78, 5) is 37.5. The van der Waals surface area contributed by atoms with Crippen LogP contribution in [0.2, 0.25) is 0 Å². The highest BCUT2D eigenvalue weighted by Gasteiger charge is 2.46. The number of aliphatic hydroxyl groups is 1. The number of benzene rings is 2. The molecule has 156 valence electrons. The van der Waals surface area contributed by atoms with Gasteiger partial charge in [0.25, 0.3) is 17.4 Å². The summed E-state index contributed by atoms with van der Waals surface area (Å²) < 4.78 is 5.30. The molecule has 1 fully saturated rings. The van der Waals surface area contributed by atoms with E-state index in [-0.39, 0.29) is 29.1 Å². The summed E-state index contributed by atoms with van der Waals surface area (Å²) in [5.74, 6) is -2.02. The monoisotopic (exact) mass is 420 g/mol. The number of nitrogens with zero attached hydrogens (tertiary/aromatic N) is 2. The van der Waals surface area contributed by atoms with Crippen molar-refractivity contribution in [3.05, 3.63) is 99.5 Å². The van der Waals surface area contributed by atoms with Crippen LogP contribution >= 0.6 is 0 Å². The average molecular weight is 420 g/mol. The summed E-state index contributed by atoms with van der Waals surface area (Å²) in [5.41, 5.74) is -0.0986. The molecule has 31 heavy (non-hydrogen) atoms. The number of aliphatic hydroxyl groups excluding tert-OH is 1. The number of carbonyl (C=O) groups excluding carboxylic acids is 2. The van der Waals surface area contributed by atoms with Gasteiger partial charge in [-0.05, 0) is 29.8 Å². The zero-order chi connectivity index (χ0) is 22.1. The number of non-ortho nitro benzene ring substituents is 1. The molecular formula is C22H16N2O7. The molecule has 1 aromatic heterocycles. The molecule has 0 bridgehead atoms. The van der Waals surface area contributed by atoms with Gasteiger partial charge in [0.2, 0.25) is 0 Å². The fourth-order valence-corrected chi connectivity index (χ4v) is 3.58. The summed E-state index contributed by atoms with van der Waals surface area (Å²) in [7, 11) is 0. The lowest BCUT2D eigenvalue weighted by atomic mass is 9.95. The highest BCUT2D eigenvalue weighted by atomic mass is 16.6. The van der Waals surface area contributed by atoms with Crippen molar-refractivity contribution in [3.63, 3.8) is 0 Å². The predicted octanol–water partition coefficient (Wildman–Crippen LogP) is 3.52. The second-order valence-electron chi connectivity index (χ2n) is 6.91. The second-order valence-corrected chi connectivity index (χ2v) is 6.91. The molecule has 0 aliphatic carbocycles. The van der Waals surface area contributed by atoms with Crippen molar-refractivity contribution in [1.82, 2.24) is 4.90 Å². The van der Waals surface area contributed by atoms with E-state index in [9.17, 15) is 29.9 Å². The quantitative estimate of drug-likeness (QED) is 0.212. The summed E-state index contributed by atoms with van der Waals surface area (Å²) in [6, 6.07) is 13.4. The highest BCUT2D eigenvalue weighted by molar-refractivity contribution is 6.46. The highest BCUT2D eigenvalue weighted by Crippen LogP contribution is 2.41. The summed E-state index contributed by atoms with van der Waals surface area (Å²) >= 11 is 0. The van der Waals surface area contributed by atoms with E-state index in [4.69, 9.17) is 4.42 Å². The van der Waals surface area contributed by atoms with Crippen molar-refractivity contribution in [1.29, 1.82) is 0 Å². The number of likely N-dealkylation sites (tertiary alicyclic amines) is 1. The predicted molar refractivity (Wildman–Crippen MR) is 108 cm³/mol. The maximum absolute atomic E-state index is 12.9. The number of amides is 1. The first-order valence-corrected chi connectivity index (χ1v) is 9.21. The average Bonchev–Trinajstić information content (AvgIpc) is 3.36. The number of nitro benzene ring substituents is 1. The third-order valence-electron chi connectivity index (χ3n) is 4.96. The van der Waals surface area contributed by atoms with Crippen LogP contribution in [0.25, 0.3) is 5.76 Å². The minimum Gasteiger partial charge on any atom is -0.508 e. The first kappa shape index (κ1) is 19.9. The molecule has 4 rings (SSSR count). The third kappa shape index (κ3) is 3.64. The largest absolute Gasteiger partial charge is 0.508 e. The lowest BCUT2D eigenvalue weighted by molar-refractivity contribution is -0.384. The Labute approximate surface area is 175 Å². The van der Waals surface area contributed by atoms with Crippen molar-refractivity contribution < 1.29 is 29.1 Å². The Kier molecular flexibility index (Phi) is 5.00. The molecule has 9 heteroatoms. The Morgan fingerprint density at radius 1 is 1.10 bits per heavy atom. The lowest BCUT2D eigenvalue weighted by Crippen LogP contribution is -2.29. The Hall–Kier alpha value is -4.40. The van der Waals surface area contributed by atoms with Crippen LogP contribution in [0.3, 0.4) is 0 Å². The number of ketones is 1. The molecule has 1 aliphatic heterocycles. The molecule has 1 atom stereocenters. The molecule has 1 saturated heterocycles. The van der Waals surface area contributed by atoms with E-state index < -0.39 is 28.4 Å². The molecule has 2 heterocycles. The molecule has 1 amide bonds. The minimum atomic E-state index is -1.03. The van der Waals surface area contributed by atoms with Gasteiger partial charge in [0.15, 0.2) is 0 Å². The number of carbonyl (C=O) groups is 2. The first-order chi connectivity index (χ1) is 14.9. The van der Waals surface area contributed by atoms with E-state index in [1.807, 2.05) is 0 Å². The zero-order valence-corrected chi connectivity index (χ0v) is 16.0. The fraction of sp³-hybridized carbons (Fsp3) is 0.0909. The lowest BCUT2D eigenvalue weighted by Gasteiger charge is -2.24. The maximum atomic E-state index is 12.9. The Balaban J connectivity index is 1.89. The molecule has 3 aromatic rings.